The van der Waals surface area contributed by atoms with Gasteiger partial charge in [-0.15, -0.1) is 5.10 Å². The lowest BCUT2D eigenvalue weighted by Gasteiger charge is -2.14. The van der Waals surface area contributed by atoms with E-state index < -0.39 is 0 Å². The molecule has 0 spiro atoms. The molecule has 2 aromatic heterocycles. The summed E-state index contributed by atoms with van der Waals surface area (Å²) in [6.45, 7) is 5.39. The van der Waals surface area contributed by atoms with E-state index in [1.165, 1.54) is 0 Å². The molecule has 1 atom stereocenters. The van der Waals surface area contributed by atoms with E-state index in [0.717, 1.165) is 11.3 Å². The standard InChI is InChI=1S/C16H17N5O2/c1-10(19-16(22)15-11(2)18-12(3)23-15)13-4-6-14(7-5-13)21-9-8-17-20-21/h4-10H,1-3H3,(H,19,22)/t10-/m0/s1. The average Bonchev–Trinajstić information content (AvgIpc) is 3.17. The predicted octanol–water partition coefficient (Wildman–Crippen LogP) is 2.36. The van der Waals surface area contributed by atoms with Gasteiger partial charge in [0, 0.05) is 6.92 Å². The molecule has 7 nitrogen and oxygen atoms in total. The van der Waals surface area contributed by atoms with Crippen LogP contribution < -0.4 is 5.32 Å². The predicted molar refractivity (Wildman–Crippen MR) is 83.2 cm³/mol. The third-order valence-corrected chi connectivity index (χ3v) is 3.54. The molecule has 3 rings (SSSR count). The van der Waals surface area contributed by atoms with Crippen molar-refractivity contribution in [1.82, 2.24) is 25.3 Å². The van der Waals surface area contributed by atoms with Crippen LogP contribution in [0.5, 0.6) is 0 Å². The highest BCUT2D eigenvalue weighted by atomic mass is 16.4. The van der Waals surface area contributed by atoms with Crippen molar-refractivity contribution >= 4 is 5.91 Å². The second-order valence-corrected chi connectivity index (χ2v) is 5.28. The maximum absolute atomic E-state index is 12.2. The summed E-state index contributed by atoms with van der Waals surface area (Å²) in [5.74, 6) is 0.474. The maximum Gasteiger partial charge on any atom is 0.289 e. The second-order valence-electron chi connectivity index (χ2n) is 5.28. The molecule has 7 heteroatoms. The van der Waals surface area contributed by atoms with Gasteiger partial charge in [0.2, 0.25) is 5.76 Å². The zero-order valence-corrected chi connectivity index (χ0v) is 13.1. The van der Waals surface area contributed by atoms with Crippen molar-refractivity contribution in [2.75, 3.05) is 0 Å². The third-order valence-electron chi connectivity index (χ3n) is 3.54. The number of aryl methyl sites for hydroxylation is 2. The average molecular weight is 311 g/mol. The number of hydrogen-bond donors (Lipinski definition) is 1. The molecule has 0 saturated heterocycles. The quantitative estimate of drug-likeness (QED) is 0.799. The Balaban J connectivity index is 1.72. The smallest absolute Gasteiger partial charge is 0.289 e. The van der Waals surface area contributed by atoms with E-state index in [0.29, 0.717) is 11.6 Å². The van der Waals surface area contributed by atoms with E-state index >= 15 is 0 Å². The minimum absolute atomic E-state index is 0.155. The molecular weight excluding hydrogens is 294 g/mol. The van der Waals surface area contributed by atoms with Crippen LogP contribution in [0.2, 0.25) is 0 Å². The Labute approximate surface area is 133 Å². The van der Waals surface area contributed by atoms with Crippen LogP contribution in [-0.2, 0) is 0 Å². The molecule has 0 saturated carbocycles. The van der Waals surface area contributed by atoms with E-state index in [9.17, 15) is 4.79 Å². The zero-order valence-electron chi connectivity index (χ0n) is 13.1. The van der Waals surface area contributed by atoms with E-state index in [1.807, 2.05) is 31.2 Å². The molecule has 1 N–H and O–H groups in total. The van der Waals surface area contributed by atoms with Crippen molar-refractivity contribution in [3.8, 4) is 5.69 Å². The molecule has 2 heterocycles. The van der Waals surface area contributed by atoms with Crippen molar-refractivity contribution in [2.24, 2.45) is 0 Å². The first kappa shape index (κ1) is 15.0. The summed E-state index contributed by atoms with van der Waals surface area (Å²) in [5.41, 5.74) is 2.48. The molecule has 23 heavy (non-hydrogen) atoms. The van der Waals surface area contributed by atoms with Crippen LogP contribution in [-0.4, -0.2) is 25.9 Å². The molecule has 0 bridgehead atoms. The van der Waals surface area contributed by atoms with Crippen LogP contribution in [0.4, 0.5) is 0 Å². The van der Waals surface area contributed by atoms with Gasteiger partial charge < -0.3 is 9.73 Å². The third kappa shape index (κ3) is 3.13. The second kappa shape index (κ2) is 6.04. The van der Waals surface area contributed by atoms with Gasteiger partial charge in [0.15, 0.2) is 5.89 Å². The lowest BCUT2D eigenvalue weighted by atomic mass is 10.1. The summed E-state index contributed by atoms with van der Waals surface area (Å²) < 4.78 is 7.01. The first-order chi connectivity index (χ1) is 11.0. The molecule has 0 unspecified atom stereocenters. The van der Waals surface area contributed by atoms with Gasteiger partial charge in [0.25, 0.3) is 5.91 Å². The number of hydrogen-bond acceptors (Lipinski definition) is 5. The van der Waals surface area contributed by atoms with Gasteiger partial charge >= 0.3 is 0 Å². The summed E-state index contributed by atoms with van der Waals surface area (Å²) in [4.78, 5) is 16.4. The van der Waals surface area contributed by atoms with Crippen molar-refractivity contribution < 1.29 is 9.21 Å². The summed E-state index contributed by atoms with van der Waals surface area (Å²) in [6, 6.07) is 7.59. The van der Waals surface area contributed by atoms with Gasteiger partial charge in [-0.05, 0) is 31.5 Å². The normalized spacial score (nSPS) is 12.1. The van der Waals surface area contributed by atoms with Crippen molar-refractivity contribution in [1.29, 1.82) is 0 Å². The Morgan fingerprint density at radius 2 is 2.00 bits per heavy atom. The van der Waals surface area contributed by atoms with Crippen LogP contribution in [0, 0.1) is 13.8 Å². The Morgan fingerprint density at radius 3 is 2.57 bits per heavy atom. The summed E-state index contributed by atoms with van der Waals surface area (Å²) >= 11 is 0. The SMILES string of the molecule is Cc1nc(C)c(C(=O)N[C@@H](C)c2ccc(-n3ccnn3)cc2)o1. The highest BCUT2D eigenvalue weighted by Crippen LogP contribution is 2.17. The number of oxazole rings is 1. The maximum atomic E-state index is 12.2. The molecule has 1 aromatic carbocycles. The summed E-state index contributed by atoms with van der Waals surface area (Å²) in [5, 5.41) is 10.6. The van der Waals surface area contributed by atoms with Crippen LogP contribution in [0.1, 0.15) is 40.7 Å². The Morgan fingerprint density at radius 1 is 1.26 bits per heavy atom. The molecule has 3 aromatic rings. The minimum atomic E-state index is -0.268. The molecule has 0 radical (unpaired) electrons. The summed E-state index contributed by atoms with van der Waals surface area (Å²) in [6.07, 6.45) is 3.40. The Hall–Kier alpha value is -2.96. The molecule has 1 amide bonds. The van der Waals surface area contributed by atoms with Crippen molar-refractivity contribution in [2.45, 2.75) is 26.8 Å². The minimum Gasteiger partial charge on any atom is -0.436 e. The highest BCUT2D eigenvalue weighted by molar-refractivity contribution is 5.92. The first-order valence-corrected chi connectivity index (χ1v) is 7.26. The fraction of sp³-hybridized carbons (Fsp3) is 0.250. The van der Waals surface area contributed by atoms with Crippen molar-refractivity contribution in [3.63, 3.8) is 0 Å². The van der Waals surface area contributed by atoms with E-state index in [2.05, 4.69) is 20.6 Å². The van der Waals surface area contributed by atoms with Gasteiger partial charge in [-0.1, -0.05) is 17.3 Å². The van der Waals surface area contributed by atoms with Gasteiger partial charge in [-0.2, -0.15) is 0 Å². The molecule has 0 aliphatic heterocycles. The topological polar surface area (TPSA) is 85.8 Å². The largest absolute Gasteiger partial charge is 0.436 e. The number of nitrogens with one attached hydrogen (secondary N) is 1. The van der Waals surface area contributed by atoms with Crippen LogP contribution in [0.15, 0.2) is 41.1 Å². The van der Waals surface area contributed by atoms with Gasteiger partial charge in [0.05, 0.1) is 29.8 Å². The fourth-order valence-electron chi connectivity index (χ4n) is 2.35. The number of benzene rings is 1. The molecule has 0 aliphatic rings. The molecular formula is C16H17N5O2. The highest BCUT2D eigenvalue weighted by Gasteiger charge is 2.18. The van der Waals surface area contributed by atoms with Crippen LogP contribution in [0.25, 0.3) is 5.69 Å². The Bertz CT molecular complexity index is 806. The Kier molecular flexibility index (Phi) is 3.92. The van der Waals surface area contributed by atoms with Crippen LogP contribution in [0.3, 0.4) is 0 Å². The van der Waals surface area contributed by atoms with Crippen molar-refractivity contribution in [3.05, 3.63) is 59.6 Å². The monoisotopic (exact) mass is 311 g/mol. The number of carbonyl (C=O) groups is 1. The molecule has 118 valence electrons. The number of carbonyl (C=O) groups excluding carboxylic acids is 1. The summed E-state index contributed by atoms with van der Waals surface area (Å²) in [7, 11) is 0. The van der Waals surface area contributed by atoms with Gasteiger partial charge in [0.1, 0.15) is 0 Å². The first-order valence-electron chi connectivity index (χ1n) is 7.26. The lowest BCUT2D eigenvalue weighted by Crippen LogP contribution is -2.26. The zero-order chi connectivity index (χ0) is 16.4. The van der Waals surface area contributed by atoms with Gasteiger partial charge in [-0.3, -0.25) is 4.79 Å². The lowest BCUT2D eigenvalue weighted by molar-refractivity contribution is 0.0909. The molecule has 0 fully saturated rings. The van der Waals surface area contributed by atoms with E-state index in [1.54, 1.807) is 30.9 Å². The number of aromatic nitrogens is 4. The number of rotatable bonds is 4. The van der Waals surface area contributed by atoms with Gasteiger partial charge in [-0.25, -0.2) is 9.67 Å². The molecule has 0 aliphatic carbocycles. The van der Waals surface area contributed by atoms with E-state index in [-0.39, 0.29) is 17.7 Å². The number of amides is 1. The van der Waals surface area contributed by atoms with E-state index in [4.69, 9.17) is 4.42 Å². The fourth-order valence-corrected chi connectivity index (χ4v) is 2.35. The van der Waals surface area contributed by atoms with Crippen LogP contribution >= 0.6 is 0 Å². The number of nitrogens with zero attached hydrogens (tertiary/aromatic N) is 4.